The van der Waals surface area contributed by atoms with Crippen molar-refractivity contribution in [3.63, 3.8) is 0 Å². The molecule has 0 aromatic heterocycles. The van der Waals surface area contributed by atoms with E-state index in [4.69, 9.17) is 14.2 Å². The molecule has 3 aromatic rings. The zero-order valence-corrected chi connectivity index (χ0v) is 31.6. The van der Waals surface area contributed by atoms with Crippen molar-refractivity contribution in [1.82, 2.24) is 0 Å². The number of rotatable bonds is 21. The molecule has 0 aliphatic heterocycles. The quantitative estimate of drug-likeness (QED) is 0.0879. The van der Waals surface area contributed by atoms with E-state index in [2.05, 4.69) is 98.5 Å². The summed E-state index contributed by atoms with van der Waals surface area (Å²) in [5.74, 6) is 0.627. The Balaban J connectivity index is 1.94. The van der Waals surface area contributed by atoms with Crippen LogP contribution < -0.4 is 4.74 Å². The third-order valence-corrected chi connectivity index (χ3v) is 23.5. The van der Waals surface area contributed by atoms with E-state index in [0.29, 0.717) is 6.61 Å². The van der Waals surface area contributed by atoms with Crippen molar-refractivity contribution in [2.75, 3.05) is 20.8 Å². The van der Waals surface area contributed by atoms with Gasteiger partial charge in [0.25, 0.3) is 0 Å². The number of benzene rings is 3. The molecule has 3 rings (SSSR count). The first-order valence-electron chi connectivity index (χ1n) is 17.2. The summed E-state index contributed by atoms with van der Waals surface area (Å²) >= 11 is -2.53. The minimum absolute atomic E-state index is 0.170. The van der Waals surface area contributed by atoms with Crippen molar-refractivity contribution >= 4 is 18.4 Å². The average molecular weight is 722 g/mol. The number of ether oxygens (including phenoxy) is 3. The summed E-state index contributed by atoms with van der Waals surface area (Å²) in [6, 6.07) is 28.9. The van der Waals surface area contributed by atoms with E-state index in [1.54, 1.807) is 14.2 Å². The Bertz CT molecular complexity index is 1170. The molecule has 4 nitrogen and oxygen atoms in total. The summed E-state index contributed by atoms with van der Waals surface area (Å²) in [6.45, 7) is 9.34. The Morgan fingerprint density at radius 1 is 0.711 bits per heavy atom. The maximum absolute atomic E-state index is 11.7. The van der Waals surface area contributed by atoms with Gasteiger partial charge in [0.15, 0.2) is 0 Å². The zero-order valence-electron chi connectivity index (χ0n) is 28.7. The molecule has 0 fully saturated rings. The Labute approximate surface area is 278 Å². The number of hydrogen-bond acceptors (Lipinski definition) is 4. The van der Waals surface area contributed by atoms with E-state index in [1.807, 2.05) is 24.3 Å². The second kappa shape index (κ2) is 19.5. The van der Waals surface area contributed by atoms with Crippen molar-refractivity contribution in [1.29, 1.82) is 0 Å². The molecule has 0 saturated carbocycles. The van der Waals surface area contributed by atoms with Crippen LogP contribution in [0.4, 0.5) is 0 Å². The molecule has 0 radical (unpaired) electrons. The standard InChI is InChI=1S/C28H31O4.3C4H9.Sn/c1-5-26(31-4)27(29)21(2)20-32-28(22-12-8-6-9-13-22,23-14-10-7-11-15-23)24-16-18-25(30-3)19-17-24;3*1-3-4-2;/h1,5-19,21,26-27,29H,20H2,2-4H3;3*1,3-4H2,2H3;/t21-,26-,27+;;;;/m0..../s1. The molecule has 0 heterocycles. The Morgan fingerprint density at radius 3 is 1.60 bits per heavy atom. The van der Waals surface area contributed by atoms with Crippen LogP contribution >= 0.6 is 0 Å². The van der Waals surface area contributed by atoms with Gasteiger partial charge in [-0.15, -0.1) is 0 Å². The van der Waals surface area contributed by atoms with Gasteiger partial charge in [-0.1, -0.05) is 0 Å². The first-order valence-corrected chi connectivity index (χ1v) is 24.9. The van der Waals surface area contributed by atoms with E-state index in [1.165, 1.54) is 51.8 Å². The number of unbranched alkanes of at least 4 members (excludes halogenated alkanes) is 3. The number of aliphatic hydroxyl groups excluding tert-OH is 1. The summed E-state index contributed by atoms with van der Waals surface area (Å²) in [7, 11) is 3.41. The molecule has 0 unspecified atom stereocenters. The Hall–Kier alpha value is -2.12. The van der Waals surface area contributed by atoms with Crippen LogP contribution in [0.15, 0.2) is 95.1 Å². The number of methoxy groups -OCH3 is 2. The van der Waals surface area contributed by atoms with Gasteiger partial charge in [0.05, 0.1) is 7.11 Å². The fourth-order valence-electron chi connectivity index (χ4n) is 6.44. The van der Waals surface area contributed by atoms with Crippen molar-refractivity contribution in [3.8, 4) is 5.75 Å². The molecular formula is C40H58O4Sn. The fraction of sp³-hybridized carbons (Fsp3) is 0.500. The molecule has 246 valence electrons. The second-order valence-corrected chi connectivity index (χ2v) is 25.7. The number of hydrogen-bond donors (Lipinski definition) is 1. The minimum atomic E-state index is -2.53. The second-order valence-electron chi connectivity index (χ2n) is 12.7. The van der Waals surface area contributed by atoms with E-state index in [-0.39, 0.29) is 12.0 Å². The van der Waals surface area contributed by atoms with Gasteiger partial charge in [-0.25, -0.2) is 0 Å². The molecule has 3 aromatic carbocycles. The van der Waals surface area contributed by atoms with Crippen molar-refractivity contribution < 1.29 is 19.3 Å². The molecule has 1 N–H and O–H groups in total. The zero-order chi connectivity index (χ0) is 32.5. The van der Waals surface area contributed by atoms with E-state index < -0.39 is 30.1 Å². The summed E-state index contributed by atoms with van der Waals surface area (Å²) in [6.07, 6.45) is 8.84. The van der Waals surface area contributed by atoms with E-state index in [0.717, 1.165) is 22.4 Å². The molecule has 0 aliphatic rings. The van der Waals surface area contributed by atoms with Gasteiger partial charge in [0, 0.05) is 0 Å². The van der Waals surface area contributed by atoms with Gasteiger partial charge in [0.1, 0.15) is 0 Å². The molecule has 0 amide bonds. The van der Waals surface area contributed by atoms with Gasteiger partial charge in [-0.05, 0) is 0 Å². The third kappa shape index (κ3) is 10.2. The van der Waals surface area contributed by atoms with Crippen LogP contribution in [-0.4, -0.2) is 56.5 Å². The van der Waals surface area contributed by atoms with Gasteiger partial charge >= 0.3 is 267 Å². The first kappa shape index (κ1) is 37.3. The summed E-state index contributed by atoms with van der Waals surface area (Å²) in [4.78, 5) is 0. The average Bonchev–Trinajstić information content (AvgIpc) is 3.10. The summed E-state index contributed by atoms with van der Waals surface area (Å²) < 4.78 is 25.3. The topological polar surface area (TPSA) is 47.9 Å². The van der Waals surface area contributed by atoms with Crippen molar-refractivity contribution in [3.05, 3.63) is 112 Å². The van der Waals surface area contributed by atoms with Crippen LogP contribution in [0.2, 0.25) is 13.3 Å². The van der Waals surface area contributed by atoms with Crippen LogP contribution in [0, 0.1) is 5.92 Å². The molecule has 0 bridgehead atoms. The Kier molecular flexibility index (Phi) is 16.2. The molecule has 0 spiro atoms. The normalized spacial score (nSPS) is 14.4. The van der Waals surface area contributed by atoms with Crippen LogP contribution in [0.25, 0.3) is 0 Å². The summed E-state index contributed by atoms with van der Waals surface area (Å²) in [5, 5.41) is 11.7. The molecule has 45 heavy (non-hydrogen) atoms. The van der Waals surface area contributed by atoms with E-state index >= 15 is 0 Å². The van der Waals surface area contributed by atoms with Gasteiger partial charge < -0.3 is 4.74 Å². The van der Waals surface area contributed by atoms with Gasteiger partial charge in [-0.3, -0.25) is 0 Å². The maximum atomic E-state index is 11.7. The molecular weight excluding hydrogens is 663 g/mol. The van der Waals surface area contributed by atoms with Crippen molar-refractivity contribution in [2.24, 2.45) is 5.92 Å². The summed E-state index contributed by atoms with van der Waals surface area (Å²) in [5.41, 5.74) is 2.21. The van der Waals surface area contributed by atoms with Crippen LogP contribution in [-0.2, 0) is 15.1 Å². The number of aliphatic hydroxyl groups is 1. The van der Waals surface area contributed by atoms with Crippen LogP contribution in [0.1, 0.15) is 82.9 Å². The van der Waals surface area contributed by atoms with Crippen LogP contribution in [0.3, 0.4) is 0 Å². The van der Waals surface area contributed by atoms with Gasteiger partial charge in [-0.2, -0.15) is 0 Å². The molecule has 0 saturated heterocycles. The predicted molar refractivity (Wildman–Crippen MR) is 192 cm³/mol. The molecule has 5 heteroatoms. The predicted octanol–water partition coefficient (Wildman–Crippen LogP) is 9.96. The van der Waals surface area contributed by atoms with E-state index in [9.17, 15) is 5.11 Å². The third-order valence-electron chi connectivity index (χ3n) is 9.34. The van der Waals surface area contributed by atoms with Gasteiger partial charge in [0.2, 0.25) is 0 Å². The van der Waals surface area contributed by atoms with Crippen LogP contribution in [0.5, 0.6) is 5.75 Å². The monoisotopic (exact) mass is 722 g/mol. The van der Waals surface area contributed by atoms with Crippen molar-refractivity contribution in [2.45, 2.75) is 97.3 Å². The molecule has 0 aliphatic carbocycles. The fourth-order valence-corrected chi connectivity index (χ4v) is 20.8. The SMILES string of the molecule is CCC[CH2][Sn](/[CH]=C/[C@H](OC)[C@H](O)[C@@H](C)COC(c1ccccc1)(c1ccccc1)c1ccc(OC)cc1)([CH2]CCC)[CH2]CCC. The first-order chi connectivity index (χ1) is 21.9. The molecule has 3 atom stereocenters. The Morgan fingerprint density at radius 2 is 1.18 bits per heavy atom.